The maximum atomic E-state index is 5.61. The summed E-state index contributed by atoms with van der Waals surface area (Å²) in [5.41, 5.74) is 0.0874. The van der Waals surface area contributed by atoms with Crippen molar-refractivity contribution in [2.45, 2.75) is 52.7 Å². The summed E-state index contributed by atoms with van der Waals surface area (Å²) in [6, 6.07) is 0. The first kappa shape index (κ1) is 20.9. The molecule has 0 saturated carbocycles. The van der Waals surface area contributed by atoms with Crippen molar-refractivity contribution in [2.24, 2.45) is 10.4 Å². The Labute approximate surface area is 146 Å². The van der Waals surface area contributed by atoms with Gasteiger partial charge in [0, 0.05) is 26.8 Å². The molecule has 0 aromatic carbocycles. The number of methoxy groups -OCH3 is 1. The van der Waals surface area contributed by atoms with Crippen LogP contribution in [0.2, 0.25) is 0 Å². The van der Waals surface area contributed by atoms with E-state index in [0.29, 0.717) is 12.6 Å². The Bertz CT molecular complexity index is 300. The molecule has 0 radical (unpaired) electrons. The van der Waals surface area contributed by atoms with Crippen LogP contribution < -0.4 is 10.6 Å². The molecule has 2 atom stereocenters. The van der Waals surface area contributed by atoms with E-state index < -0.39 is 0 Å². The number of ether oxygens (including phenoxy) is 2. The summed E-state index contributed by atoms with van der Waals surface area (Å²) in [6.45, 7) is 11.8. The normalized spacial score (nSPS) is 20.8. The second kappa shape index (κ2) is 10.6. The van der Waals surface area contributed by atoms with Crippen LogP contribution in [0.1, 0.15) is 40.5 Å². The number of nitrogens with one attached hydrogen (secondary N) is 2. The second-order valence-corrected chi connectivity index (χ2v) is 6.33. The van der Waals surface area contributed by atoms with Crippen molar-refractivity contribution in [1.82, 2.24) is 10.6 Å². The lowest BCUT2D eigenvalue weighted by molar-refractivity contribution is 0.0241. The molecule has 1 saturated heterocycles. The molecule has 6 heteroatoms. The zero-order valence-electron chi connectivity index (χ0n) is 14.1. The fourth-order valence-electron chi connectivity index (χ4n) is 2.23. The molecule has 0 amide bonds. The minimum atomic E-state index is 0. The average molecular weight is 413 g/mol. The highest BCUT2D eigenvalue weighted by Crippen LogP contribution is 2.21. The van der Waals surface area contributed by atoms with Crippen molar-refractivity contribution in [3.8, 4) is 0 Å². The van der Waals surface area contributed by atoms with Crippen molar-refractivity contribution in [2.75, 3.05) is 33.4 Å². The molecule has 5 nitrogen and oxygen atoms in total. The lowest BCUT2D eigenvalue weighted by Crippen LogP contribution is -2.42. The molecule has 21 heavy (non-hydrogen) atoms. The largest absolute Gasteiger partial charge is 0.379 e. The molecule has 2 unspecified atom stereocenters. The van der Waals surface area contributed by atoms with Gasteiger partial charge in [0.1, 0.15) is 0 Å². The van der Waals surface area contributed by atoms with Gasteiger partial charge in [0.2, 0.25) is 0 Å². The maximum absolute atomic E-state index is 5.61. The van der Waals surface area contributed by atoms with Gasteiger partial charge in [0.15, 0.2) is 5.96 Å². The molecule has 1 aliphatic rings. The molecule has 2 N–H and O–H groups in total. The van der Waals surface area contributed by atoms with Gasteiger partial charge in [-0.05, 0) is 25.2 Å². The summed E-state index contributed by atoms with van der Waals surface area (Å²) >= 11 is 0. The molecule has 1 fully saturated rings. The second-order valence-electron chi connectivity index (χ2n) is 6.33. The summed E-state index contributed by atoms with van der Waals surface area (Å²) in [6.07, 6.45) is 2.73. The quantitative estimate of drug-likeness (QED) is 0.399. The van der Waals surface area contributed by atoms with Gasteiger partial charge < -0.3 is 20.1 Å². The molecular weight excluding hydrogens is 381 g/mol. The predicted molar refractivity (Wildman–Crippen MR) is 98.6 cm³/mol. The van der Waals surface area contributed by atoms with E-state index >= 15 is 0 Å². The fraction of sp³-hybridized carbons (Fsp3) is 0.933. The number of rotatable bonds is 6. The minimum Gasteiger partial charge on any atom is -0.379 e. The van der Waals surface area contributed by atoms with Crippen LogP contribution in [0.15, 0.2) is 4.99 Å². The average Bonchev–Trinajstić information content (AvgIpc) is 2.88. The summed E-state index contributed by atoms with van der Waals surface area (Å²) in [4.78, 5) is 4.63. The fourth-order valence-corrected chi connectivity index (χ4v) is 2.23. The van der Waals surface area contributed by atoms with Crippen molar-refractivity contribution >= 4 is 29.9 Å². The van der Waals surface area contributed by atoms with Crippen molar-refractivity contribution in [1.29, 1.82) is 0 Å². The van der Waals surface area contributed by atoms with E-state index in [1.54, 1.807) is 7.11 Å². The Balaban J connectivity index is 0.00000400. The smallest absolute Gasteiger partial charge is 0.191 e. The third-order valence-corrected chi connectivity index (χ3v) is 3.53. The Morgan fingerprint density at radius 2 is 2.10 bits per heavy atom. The van der Waals surface area contributed by atoms with Gasteiger partial charge >= 0.3 is 0 Å². The molecule has 0 spiro atoms. The van der Waals surface area contributed by atoms with Crippen molar-refractivity contribution < 1.29 is 9.47 Å². The number of hydrogen-bond donors (Lipinski definition) is 2. The van der Waals surface area contributed by atoms with Crippen LogP contribution in [0.25, 0.3) is 0 Å². The summed E-state index contributed by atoms with van der Waals surface area (Å²) in [5.74, 6) is 0.842. The molecule has 126 valence electrons. The monoisotopic (exact) mass is 413 g/mol. The first-order valence-corrected chi connectivity index (χ1v) is 7.64. The Morgan fingerprint density at radius 3 is 2.57 bits per heavy atom. The van der Waals surface area contributed by atoms with Crippen molar-refractivity contribution in [3.63, 3.8) is 0 Å². The van der Waals surface area contributed by atoms with Gasteiger partial charge in [-0.3, -0.25) is 4.99 Å². The summed E-state index contributed by atoms with van der Waals surface area (Å²) in [5, 5.41) is 6.62. The van der Waals surface area contributed by atoms with Gasteiger partial charge in [-0.15, -0.1) is 24.0 Å². The van der Waals surface area contributed by atoms with E-state index in [1.165, 1.54) is 0 Å². The topological polar surface area (TPSA) is 54.9 Å². The van der Waals surface area contributed by atoms with E-state index in [0.717, 1.165) is 38.5 Å². The first-order valence-electron chi connectivity index (χ1n) is 7.64. The zero-order valence-corrected chi connectivity index (χ0v) is 16.4. The number of nitrogens with zero attached hydrogens (tertiary/aromatic N) is 1. The van der Waals surface area contributed by atoms with Gasteiger partial charge in [-0.1, -0.05) is 20.8 Å². The molecule has 0 aromatic rings. The van der Waals surface area contributed by atoms with Crippen LogP contribution >= 0.6 is 24.0 Å². The molecule has 1 heterocycles. The molecule has 0 aromatic heterocycles. The van der Waals surface area contributed by atoms with E-state index in [9.17, 15) is 0 Å². The highest BCUT2D eigenvalue weighted by Gasteiger charge is 2.24. The molecule has 0 bridgehead atoms. The van der Waals surface area contributed by atoms with Gasteiger partial charge in [0.05, 0.1) is 18.8 Å². The zero-order chi connectivity index (χ0) is 15.0. The third kappa shape index (κ3) is 8.21. The predicted octanol–water partition coefficient (Wildman–Crippen LogP) is 2.40. The number of aliphatic imine (C=N–C) groups is 1. The SMILES string of the molecule is CCNC(=NCC(OC)C(C)(C)C)NCC1CCCO1.I. The van der Waals surface area contributed by atoms with Crippen LogP contribution in [-0.2, 0) is 9.47 Å². The highest BCUT2D eigenvalue weighted by atomic mass is 127. The standard InChI is InChI=1S/C15H31N3O2.HI/c1-6-16-14(17-10-12-8-7-9-20-12)18-11-13(19-5)15(2,3)4;/h12-13H,6-11H2,1-5H3,(H2,16,17,18);1H. The lowest BCUT2D eigenvalue weighted by atomic mass is 9.89. The van der Waals surface area contributed by atoms with Crippen LogP contribution in [0.5, 0.6) is 0 Å². The highest BCUT2D eigenvalue weighted by molar-refractivity contribution is 14.0. The molecule has 0 aliphatic carbocycles. The summed E-state index contributed by atoms with van der Waals surface area (Å²) < 4.78 is 11.1. The summed E-state index contributed by atoms with van der Waals surface area (Å²) in [7, 11) is 1.75. The van der Waals surface area contributed by atoms with E-state index in [-0.39, 0.29) is 35.5 Å². The van der Waals surface area contributed by atoms with E-state index in [4.69, 9.17) is 9.47 Å². The Morgan fingerprint density at radius 1 is 1.38 bits per heavy atom. The minimum absolute atomic E-state index is 0. The number of halogens is 1. The lowest BCUT2D eigenvalue weighted by Gasteiger charge is -2.28. The van der Waals surface area contributed by atoms with E-state index in [2.05, 4.69) is 43.3 Å². The molecular formula is C15H32IN3O2. The van der Waals surface area contributed by atoms with E-state index in [1.807, 2.05) is 0 Å². The number of hydrogen-bond acceptors (Lipinski definition) is 3. The van der Waals surface area contributed by atoms with Crippen molar-refractivity contribution in [3.05, 3.63) is 0 Å². The number of guanidine groups is 1. The van der Waals surface area contributed by atoms with Crippen LogP contribution in [0, 0.1) is 5.41 Å². The maximum Gasteiger partial charge on any atom is 0.191 e. The van der Waals surface area contributed by atoms with Crippen LogP contribution in [0.3, 0.4) is 0 Å². The Hall–Kier alpha value is -0.0800. The van der Waals surface area contributed by atoms with Crippen LogP contribution in [-0.4, -0.2) is 51.5 Å². The van der Waals surface area contributed by atoms with Gasteiger partial charge in [-0.25, -0.2) is 0 Å². The van der Waals surface area contributed by atoms with Crippen LogP contribution in [0.4, 0.5) is 0 Å². The Kier molecular flexibility index (Phi) is 10.6. The third-order valence-electron chi connectivity index (χ3n) is 3.53. The molecule has 1 rings (SSSR count). The molecule has 1 aliphatic heterocycles. The first-order chi connectivity index (χ1) is 9.47. The van der Waals surface area contributed by atoms with Gasteiger partial charge in [0.25, 0.3) is 0 Å². The van der Waals surface area contributed by atoms with Gasteiger partial charge in [-0.2, -0.15) is 0 Å².